The number of carbonyl (C=O) groups is 2. The normalized spacial score (nSPS) is 18.5. The molecular weight excluding hydrogens is 584 g/mol. The van der Waals surface area contributed by atoms with Crippen LogP contribution in [-0.4, -0.2) is 63.1 Å². The lowest BCUT2D eigenvalue weighted by molar-refractivity contribution is 0.0751. The van der Waals surface area contributed by atoms with Crippen molar-refractivity contribution in [3.05, 3.63) is 35.4 Å². The molecular formula is C14H6O16S5. The van der Waals surface area contributed by atoms with Crippen LogP contribution in [-0.2, 0) is 58.7 Å². The van der Waals surface area contributed by atoms with Crippen LogP contribution in [0.15, 0.2) is 53.6 Å². The number of hydrogen-bond donors (Lipinski definition) is 2. The summed E-state index contributed by atoms with van der Waals surface area (Å²) in [6.45, 7) is 0. The molecule has 188 valence electrons. The lowest BCUT2D eigenvalue weighted by Crippen LogP contribution is -2.18. The molecule has 2 aromatic rings. The van der Waals surface area contributed by atoms with Gasteiger partial charge < -0.3 is 8.37 Å². The van der Waals surface area contributed by atoms with Crippen molar-refractivity contribution in [3.63, 3.8) is 0 Å². The van der Waals surface area contributed by atoms with E-state index in [0.717, 1.165) is 0 Å². The number of rotatable bonds is 4. The molecule has 0 saturated carbocycles. The van der Waals surface area contributed by atoms with E-state index >= 15 is 0 Å². The Labute approximate surface area is 195 Å². The fraction of sp³-hybridized carbons (Fsp3) is 0. The van der Waals surface area contributed by atoms with Crippen molar-refractivity contribution in [2.75, 3.05) is 0 Å². The average Bonchev–Trinajstić information content (AvgIpc) is 3.06. The monoisotopic (exact) mass is 590 g/mol. The Morgan fingerprint density at radius 1 is 0.600 bits per heavy atom. The molecule has 35 heavy (non-hydrogen) atoms. The summed E-state index contributed by atoms with van der Waals surface area (Å²) in [5.41, 5.74) is -2.00. The highest BCUT2D eigenvalue weighted by Crippen LogP contribution is 2.42. The molecule has 0 spiro atoms. The van der Waals surface area contributed by atoms with E-state index in [-0.39, 0.29) is 12.1 Å². The van der Waals surface area contributed by atoms with Crippen molar-refractivity contribution >= 4 is 62.2 Å². The third-order valence-corrected chi connectivity index (χ3v) is 11.4. The van der Waals surface area contributed by atoms with Gasteiger partial charge in [-0.2, -0.15) is 33.7 Å². The fourth-order valence-electron chi connectivity index (χ4n) is 3.31. The minimum Gasteiger partial charge on any atom is -0.338 e. The molecule has 2 N–H and O–H groups in total. The Hall–Kier alpha value is -2.95. The maximum Gasteiger partial charge on any atom is 0.355 e. The Balaban J connectivity index is 2.22. The van der Waals surface area contributed by atoms with Crippen LogP contribution < -0.4 is 0 Å². The molecule has 0 aromatic heterocycles. The maximum absolute atomic E-state index is 13.4. The van der Waals surface area contributed by atoms with Crippen LogP contribution in [0.1, 0.15) is 20.7 Å². The summed E-state index contributed by atoms with van der Waals surface area (Å²) < 4.78 is 151. The molecule has 0 saturated heterocycles. The SMILES string of the molecule is O=C1OS(=O)(=O)c2c1ccc(S(=O)(=O)c1ccc3c(c1S(=O)(=O)O)S(=O)(=O)OC3=O)c2S(=O)(=O)O. The number of carbonyl (C=O) groups excluding carboxylic acids is 2. The molecule has 0 fully saturated rings. The Morgan fingerprint density at radius 2 is 0.914 bits per heavy atom. The third kappa shape index (κ3) is 3.62. The fourth-order valence-corrected chi connectivity index (χ4v) is 11.0. The molecule has 2 aliphatic rings. The summed E-state index contributed by atoms with van der Waals surface area (Å²) in [6, 6.07) is 1.51. The zero-order chi connectivity index (χ0) is 26.5. The van der Waals surface area contributed by atoms with Crippen LogP contribution in [0.2, 0.25) is 0 Å². The van der Waals surface area contributed by atoms with Gasteiger partial charge in [0.05, 0.1) is 20.9 Å². The quantitative estimate of drug-likeness (QED) is 0.310. The van der Waals surface area contributed by atoms with Gasteiger partial charge in [0.15, 0.2) is 0 Å². The van der Waals surface area contributed by atoms with Crippen LogP contribution in [0.3, 0.4) is 0 Å². The Kier molecular flexibility index (Phi) is 5.07. The number of hydrogen-bond acceptors (Lipinski definition) is 14. The summed E-state index contributed by atoms with van der Waals surface area (Å²) in [7, 11) is -27.9. The highest BCUT2D eigenvalue weighted by Gasteiger charge is 2.48. The lowest BCUT2D eigenvalue weighted by atomic mass is 10.2. The van der Waals surface area contributed by atoms with Crippen LogP contribution in [0.4, 0.5) is 0 Å². The van der Waals surface area contributed by atoms with E-state index in [0.29, 0.717) is 12.1 Å². The zero-order valence-corrected chi connectivity index (χ0v) is 20.0. The first-order valence-corrected chi connectivity index (χ1v) is 15.4. The molecule has 0 aliphatic carbocycles. The van der Waals surface area contributed by atoms with Gasteiger partial charge in [0.2, 0.25) is 9.84 Å². The predicted molar refractivity (Wildman–Crippen MR) is 103 cm³/mol. The minimum atomic E-state index is -5.84. The summed E-state index contributed by atoms with van der Waals surface area (Å²) in [6.07, 6.45) is 0. The molecule has 2 heterocycles. The molecule has 0 unspecified atom stereocenters. The van der Waals surface area contributed by atoms with Gasteiger partial charge in [-0.1, -0.05) is 0 Å². The van der Waals surface area contributed by atoms with Gasteiger partial charge in [0.25, 0.3) is 20.2 Å². The summed E-state index contributed by atoms with van der Waals surface area (Å²) >= 11 is 0. The van der Waals surface area contributed by atoms with Gasteiger partial charge >= 0.3 is 32.2 Å². The Morgan fingerprint density at radius 3 is 1.20 bits per heavy atom. The maximum atomic E-state index is 13.4. The highest BCUT2D eigenvalue weighted by atomic mass is 32.2. The van der Waals surface area contributed by atoms with Crippen molar-refractivity contribution in [2.45, 2.75) is 29.4 Å². The van der Waals surface area contributed by atoms with Gasteiger partial charge in [-0.25, -0.2) is 18.0 Å². The lowest BCUT2D eigenvalue weighted by Gasteiger charge is -2.14. The van der Waals surface area contributed by atoms with Crippen molar-refractivity contribution in [2.24, 2.45) is 0 Å². The van der Waals surface area contributed by atoms with Gasteiger partial charge in [-0.05, 0) is 24.3 Å². The zero-order valence-electron chi connectivity index (χ0n) is 16.0. The predicted octanol–water partition coefficient (Wildman–Crippen LogP) is -1.27. The second-order valence-corrected chi connectivity index (χ2v) is 14.2. The minimum absolute atomic E-state index is 0.288. The summed E-state index contributed by atoms with van der Waals surface area (Å²) in [4.78, 5) is 13.2. The molecule has 2 aliphatic heterocycles. The second-order valence-electron chi connectivity index (χ2n) is 6.64. The van der Waals surface area contributed by atoms with Crippen molar-refractivity contribution in [3.8, 4) is 0 Å². The topological polar surface area (TPSA) is 264 Å². The summed E-state index contributed by atoms with van der Waals surface area (Å²) in [5, 5.41) is 0. The van der Waals surface area contributed by atoms with E-state index in [1.165, 1.54) is 0 Å². The van der Waals surface area contributed by atoms with Crippen molar-refractivity contribution in [1.29, 1.82) is 0 Å². The first-order valence-electron chi connectivity index (χ1n) is 8.23. The molecule has 16 nitrogen and oxygen atoms in total. The second kappa shape index (κ2) is 7.05. The van der Waals surface area contributed by atoms with Gasteiger partial charge in [0, 0.05) is 0 Å². The van der Waals surface area contributed by atoms with E-state index in [1.807, 2.05) is 0 Å². The van der Waals surface area contributed by atoms with Crippen LogP contribution in [0, 0.1) is 0 Å². The first-order chi connectivity index (χ1) is 15.7. The first kappa shape index (κ1) is 25.2. The van der Waals surface area contributed by atoms with Gasteiger partial charge in [0.1, 0.15) is 19.6 Å². The van der Waals surface area contributed by atoms with E-state index in [2.05, 4.69) is 8.37 Å². The van der Waals surface area contributed by atoms with Gasteiger partial charge in [-0.3, -0.25) is 9.11 Å². The van der Waals surface area contributed by atoms with Crippen molar-refractivity contribution < 1.29 is 69.1 Å². The van der Waals surface area contributed by atoms with Crippen LogP contribution in [0.25, 0.3) is 0 Å². The van der Waals surface area contributed by atoms with E-state index in [4.69, 9.17) is 0 Å². The van der Waals surface area contributed by atoms with Crippen LogP contribution in [0.5, 0.6) is 0 Å². The number of sulfone groups is 1. The molecule has 0 bridgehead atoms. The van der Waals surface area contributed by atoms with E-state index < -0.39 is 103 Å². The van der Waals surface area contributed by atoms with E-state index in [9.17, 15) is 60.8 Å². The number of benzene rings is 2. The summed E-state index contributed by atoms with van der Waals surface area (Å²) in [5.74, 6) is -3.27. The van der Waals surface area contributed by atoms with Crippen LogP contribution >= 0.6 is 0 Å². The largest absolute Gasteiger partial charge is 0.355 e. The molecule has 2 aromatic carbocycles. The highest BCUT2D eigenvalue weighted by molar-refractivity contribution is 7.95. The molecule has 0 atom stereocenters. The standard InChI is InChI=1S/C14H6O16S5/c15-13-5-1-3-7(11(32(19,20)21)9(5)34(25,26)29-13)31(17,18)8-4-2-6-10(12(8)33(22,23)24)35(27,28)30-14(6)16/h1-4H,(H,19,20,21)(H,22,23,24). The average molecular weight is 591 g/mol. The smallest absolute Gasteiger partial charge is 0.338 e. The number of fused-ring (bicyclic) bond motifs is 2. The molecule has 4 rings (SSSR count). The van der Waals surface area contributed by atoms with E-state index in [1.54, 1.807) is 0 Å². The molecule has 0 radical (unpaired) electrons. The molecule has 0 amide bonds. The van der Waals surface area contributed by atoms with Gasteiger partial charge in [-0.15, -0.1) is 0 Å². The Bertz CT molecular complexity index is 1810. The molecule has 21 heteroatoms. The third-order valence-electron chi connectivity index (χ3n) is 4.56. The van der Waals surface area contributed by atoms with Crippen molar-refractivity contribution in [1.82, 2.24) is 0 Å².